The molecule has 1 aromatic heterocycles. The van der Waals surface area contributed by atoms with Crippen molar-refractivity contribution in [3.05, 3.63) is 30.5 Å². The minimum absolute atomic E-state index is 0.275. The summed E-state index contributed by atoms with van der Waals surface area (Å²) in [7, 11) is 0. The molecule has 3 rings (SSSR count). The van der Waals surface area contributed by atoms with Crippen LogP contribution in [0.5, 0.6) is 0 Å². The van der Waals surface area contributed by atoms with Gasteiger partial charge in [0.25, 0.3) is 0 Å². The van der Waals surface area contributed by atoms with Gasteiger partial charge < -0.3 is 0 Å². The van der Waals surface area contributed by atoms with E-state index < -0.39 is 0 Å². The Bertz CT molecular complexity index is 515. The van der Waals surface area contributed by atoms with Crippen molar-refractivity contribution < 1.29 is 4.79 Å². The van der Waals surface area contributed by atoms with Gasteiger partial charge in [0, 0.05) is 18.2 Å². The summed E-state index contributed by atoms with van der Waals surface area (Å²) in [6.07, 6.45) is 4.16. The van der Waals surface area contributed by atoms with Crippen molar-refractivity contribution in [2.24, 2.45) is 0 Å². The fourth-order valence-electron chi connectivity index (χ4n) is 2.29. The van der Waals surface area contributed by atoms with E-state index in [-0.39, 0.29) is 6.04 Å². The maximum atomic E-state index is 11.2. The normalized spacial score (nSPS) is 21.3. The van der Waals surface area contributed by atoms with Gasteiger partial charge in [0.1, 0.15) is 5.78 Å². The summed E-state index contributed by atoms with van der Waals surface area (Å²) >= 11 is 0. The van der Waals surface area contributed by atoms with Crippen LogP contribution in [-0.2, 0) is 4.79 Å². The van der Waals surface area contributed by atoms with E-state index in [1.54, 1.807) is 0 Å². The van der Waals surface area contributed by atoms with Gasteiger partial charge in [0.05, 0.1) is 17.8 Å². The lowest BCUT2D eigenvalue weighted by molar-refractivity contribution is -0.117. The van der Waals surface area contributed by atoms with Crippen molar-refractivity contribution in [1.82, 2.24) is 9.78 Å². The Kier molecular flexibility index (Phi) is 1.84. The first-order valence-electron chi connectivity index (χ1n) is 5.28. The molecule has 76 valence electrons. The molecule has 3 heteroatoms. The molecule has 1 saturated carbocycles. The fraction of sp³-hybridized carbons (Fsp3) is 0.333. The van der Waals surface area contributed by atoms with Crippen LogP contribution in [0.3, 0.4) is 0 Å². The van der Waals surface area contributed by atoms with Crippen LogP contribution in [-0.4, -0.2) is 15.6 Å². The van der Waals surface area contributed by atoms with Gasteiger partial charge in [-0.3, -0.25) is 9.48 Å². The number of nitrogens with zero attached hydrogens (tertiary/aromatic N) is 2. The highest BCUT2D eigenvalue weighted by Gasteiger charge is 2.24. The maximum Gasteiger partial charge on any atom is 0.135 e. The van der Waals surface area contributed by atoms with Crippen molar-refractivity contribution in [2.75, 3.05) is 0 Å². The fourth-order valence-corrected chi connectivity index (χ4v) is 2.29. The van der Waals surface area contributed by atoms with Gasteiger partial charge in [-0.1, -0.05) is 18.2 Å². The number of benzene rings is 1. The van der Waals surface area contributed by atoms with E-state index in [9.17, 15) is 4.79 Å². The van der Waals surface area contributed by atoms with Gasteiger partial charge in [-0.25, -0.2) is 0 Å². The highest BCUT2D eigenvalue weighted by atomic mass is 16.1. The first-order chi connectivity index (χ1) is 7.34. The Labute approximate surface area is 87.7 Å². The molecule has 0 bridgehead atoms. The highest BCUT2D eigenvalue weighted by molar-refractivity contribution is 5.82. The van der Waals surface area contributed by atoms with E-state index in [1.807, 2.05) is 23.0 Å². The molecule has 0 radical (unpaired) electrons. The third-order valence-electron chi connectivity index (χ3n) is 3.07. The number of carbonyl (C=O) groups is 1. The van der Waals surface area contributed by atoms with E-state index in [0.29, 0.717) is 18.6 Å². The lowest BCUT2D eigenvalue weighted by Crippen LogP contribution is -2.06. The summed E-state index contributed by atoms with van der Waals surface area (Å²) in [6.45, 7) is 0. The van der Waals surface area contributed by atoms with Crippen LogP contribution >= 0.6 is 0 Å². The molecule has 2 aromatic rings. The van der Waals surface area contributed by atoms with Crippen LogP contribution in [0.25, 0.3) is 10.9 Å². The Morgan fingerprint density at radius 1 is 1.33 bits per heavy atom. The summed E-state index contributed by atoms with van der Waals surface area (Å²) < 4.78 is 2.00. The maximum absolute atomic E-state index is 11.2. The predicted molar refractivity (Wildman–Crippen MR) is 57.6 cm³/mol. The summed E-state index contributed by atoms with van der Waals surface area (Å²) in [5, 5.41) is 5.53. The standard InChI is InChI=1S/C12H12N2O/c15-11-6-5-10(7-11)14-12-4-2-1-3-9(12)8-13-14/h1-4,8,10H,5-7H2. The van der Waals surface area contributed by atoms with Gasteiger partial charge in [0.2, 0.25) is 0 Å². The third-order valence-corrected chi connectivity index (χ3v) is 3.07. The van der Waals surface area contributed by atoms with Crippen LogP contribution < -0.4 is 0 Å². The van der Waals surface area contributed by atoms with E-state index in [4.69, 9.17) is 0 Å². The van der Waals surface area contributed by atoms with Crippen molar-refractivity contribution >= 4 is 16.7 Å². The van der Waals surface area contributed by atoms with Gasteiger partial charge in [-0.05, 0) is 12.5 Å². The second kappa shape index (κ2) is 3.19. The molecule has 3 nitrogen and oxygen atoms in total. The molecular formula is C12H12N2O. The number of carbonyl (C=O) groups excluding carboxylic acids is 1. The van der Waals surface area contributed by atoms with Crippen LogP contribution in [0.1, 0.15) is 25.3 Å². The summed E-state index contributed by atoms with van der Waals surface area (Å²) in [4.78, 5) is 11.2. The summed E-state index contributed by atoms with van der Waals surface area (Å²) in [5.74, 6) is 0.361. The van der Waals surface area contributed by atoms with E-state index >= 15 is 0 Å². The smallest absolute Gasteiger partial charge is 0.135 e. The van der Waals surface area contributed by atoms with Crippen LogP contribution in [0, 0.1) is 0 Å². The number of aromatic nitrogens is 2. The molecule has 0 amide bonds. The molecule has 1 fully saturated rings. The number of Topliss-reactive ketones (excluding diaryl/α,β-unsaturated/α-hetero) is 1. The van der Waals surface area contributed by atoms with E-state index in [1.165, 1.54) is 0 Å². The second-order valence-corrected chi connectivity index (χ2v) is 4.08. The molecule has 1 aromatic carbocycles. The zero-order valence-electron chi connectivity index (χ0n) is 8.39. The SMILES string of the molecule is O=C1CCC(n2ncc3ccccc32)C1. The minimum Gasteiger partial charge on any atom is -0.300 e. The average molecular weight is 200 g/mol. The van der Waals surface area contributed by atoms with Gasteiger partial charge in [-0.2, -0.15) is 5.10 Å². The van der Waals surface area contributed by atoms with Crippen molar-refractivity contribution in [3.8, 4) is 0 Å². The first kappa shape index (κ1) is 8.65. The summed E-state index contributed by atoms with van der Waals surface area (Å²) in [5.41, 5.74) is 1.14. The molecule has 1 heterocycles. The Morgan fingerprint density at radius 3 is 3.00 bits per heavy atom. The molecule has 0 saturated heterocycles. The lowest BCUT2D eigenvalue weighted by Gasteiger charge is -2.09. The van der Waals surface area contributed by atoms with Crippen LogP contribution in [0.15, 0.2) is 30.5 Å². The molecule has 15 heavy (non-hydrogen) atoms. The van der Waals surface area contributed by atoms with Crippen LogP contribution in [0.4, 0.5) is 0 Å². The topological polar surface area (TPSA) is 34.9 Å². The lowest BCUT2D eigenvalue weighted by atomic mass is 10.2. The molecule has 1 aliphatic rings. The Hall–Kier alpha value is -1.64. The molecule has 1 unspecified atom stereocenters. The van der Waals surface area contributed by atoms with Gasteiger partial charge >= 0.3 is 0 Å². The molecule has 0 spiro atoms. The molecule has 1 aliphatic carbocycles. The van der Waals surface area contributed by atoms with Crippen LogP contribution in [0.2, 0.25) is 0 Å². The Balaban J connectivity index is 2.07. The zero-order chi connectivity index (χ0) is 10.3. The molecular weight excluding hydrogens is 188 g/mol. The second-order valence-electron chi connectivity index (χ2n) is 4.08. The number of para-hydroxylation sites is 1. The minimum atomic E-state index is 0.275. The highest BCUT2D eigenvalue weighted by Crippen LogP contribution is 2.29. The van der Waals surface area contributed by atoms with Crippen molar-refractivity contribution in [3.63, 3.8) is 0 Å². The number of rotatable bonds is 1. The number of fused-ring (bicyclic) bond motifs is 1. The molecule has 0 aliphatic heterocycles. The first-order valence-corrected chi connectivity index (χ1v) is 5.28. The third kappa shape index (κ3) is 1.35. The predicted octanol–water partition coefficient (Wildman–Crippen LogP) is 2.33. The van der Waals surface area contributed by atoms with Gasteiger partial charge in [-0.15, -0.1) is 0 Å². The number of ketones is 1. The van der Waals surface area contributed by atoms with E-state index in [2.05, 4.69) is 17.2 Å². The molecule has 0 N–H and O–H groups in total. The summed E-state index contributed by atoms with van der Waals surface area (Å²) in [6, 6.07) is 8.41. The quantitative estimate of drug-likeness (QED) is 0.708. The van der Waals surface area contributed by atoms with Gasteiger partial charge in [0.15, 0.2) is 0 Å². The average Bonchev–Trinajstić information content (AvgIpc) is 2.83. The van der Waals surface area contributed by atoms with Crippen molar-refractivity contribution in [2.45, 2.75) is 25.3 Å². The van der Waals surface area contributed by atoms with Crippen molar-refractivity contribution in [1.29, 1.82) is 0 Å². The zero-order valence-corrected chi connectivity index (χ0v) is 8.39. The Morgan fingerprint density at radius 2 is 2.20 bits per heavy atom. The molecule has 1 atom stereocenters. The monoisotopic (exact) mass is 200 g/mol. The number of hydrogen-bond acceptors (Lipinski definition) is 2. The largest absolute Gasteiger partial charge is 0.300 e. The number of hydrogen-bond donors (Lipinski definition) is 0. The van der Waals surface area contributed by atoms with E-state index in [0.717, 1.165) is 17.3 Å².